The molecule has 2 aliphatic carbocycles. The molecule has 3 rings (SSSR count). The van der Waals surface area contributed by atoms with E-state index in [1.807, 2.05) is 0 Å². The topological polar surface area (TPSA) is 72.8 Å². The highest BCUT2D eigenvalue weighted by atomic mass is 16.3. The van der Waals surface area contributed by atoms with E-state index < -0.39 is 11.7 Å². The van der Waals surface area contributed by atoms with Gasteiger partial charge < -0.3 is 15.5 Å². The minimum Gasteiger partial charge on any atom is -0.389 e. The largest absolute Gasteiger partial charge is 0.389 e. The molecule has 0 aromatic carbocycles. The van der Waals surface area contributed by atoms with Crippen molar-refractivity contribution in [2.24, 2.45) is 0 Å². The van der Waals surface area contributed by atoms with Crippen molar-refractivity contribution in [1.82, 2.24) is 10.2 Å². The van der Waals surface area contributed by atoms with Crippen molar-refractivity contribution < 1.29 is 15.0 Å². The third-order valence-electron chi connectivity index (χ3n) is 6.05. The van der Waals surface area contributed by atoms with E-state index in [0.29, 0.717) is 0 Å². The first kappa shape index (κ1) is 17.2. The Morgan fingerprint density at radius 1 is 1.04 bits per heavy atom. The van der Waals surface area contributed by atoms with Crippen molar-refractivity contribution in [3.63, 3.8) is 0 Å². The van der Waals surface area contributed by atoms with Gasteiger partial charge in [0.05, 0.1) is 24.2 Å². The van der Waals surface area contributed by atoms with E-state index in [0.717, 1.165) is 64.5 Å². The molecule has 5 heteroatoms. The molecule has 23 heavy (non-hydrogen) atoms. The molecule has 0 bridgehead atoms. The van der Waals surface area contributed by atoms with Crippen molar-refractivity contribution in [3.8, 4) is 0 Å². The number of likely N-dealkylation sites (tertiary alicyclic amines) is 1. The number of aliphatic hydroxyl groups excluding tert-OH is 1. The van der Waals surface area contributed by atoms with Gasteiger partial charge in [-0.2, -0.15) is 0 Å². The Kier molecular flexibility index (Phi) is 5.60. The van der Waals surface area contributed by atoms with Gasteiger partial charge in [-0.25, -0.2) is 0 Å². The molecule has 132 valence electrons. The second kappa shape index (κ2) is 7.49. The summed E-state index contributed by atoms with van der Waals surface area (Å²) in [4.78, 5) is 14.7. The molecule has 0 radical (unpaired) electrons. The quantitative estimate of drug-likeness (QED) is 0.734. The van der Waals surface area contributed by atoms with E-state index >= 15 is 0 Å². The third-order valence-corrected chi connectivity index (χ3v) is 6.05. The monoisotopic (exact) mass is 324 g/mol. The van der Waals surface area contributed by atoms with Crippen LogP contribution in [-0.2, 0) is 4.79 Å². The number of hydrogen-bond donors (Lipinski definition) is 3. The van der Waals surface area contributed by atoms with Gasteiger partial charge in [-0.15, -0.1) is 0 Å². The van der Waals surface area contributed by atoms with Crippen LogP contribution in [0.15, 0.2) is 0 Å². The van der Waals surface area contributed by atoms with Crippen LogP contribution in [-0.4, -0.2) is 57.9 Å². The molecule has 2 saturated carbocycles. The molecule has 1 heterocycles. The summed E-state index contributed by atoms with van der Waals surface area (Å²) in [7, 11) is 0. The fraction of sp³-hybridized carbons (Fsp3) is 0.944. The van der Waals surface area contributed by atoms with Crippen LogP contribution in [0, 0.1) is 0 Å². The Balaban J connectivity index is 1.52. The molecule has 1 amide bonds. The average molecular weight is 324 g/mol. The zero-order chi connectivity index (χ0) is 16.3. The molecule has 3 fully saturated rings. The van der Waals surface area contributed by atoms with Crippen LogP contribution in [0.2, 0.25) is 0 Å². The van der Waals surface area contributed by atoms with Crippen LogP contribution in [0.25, 0.3) is 0 Å². The van der Waals surface area contributed by atoms with Crippen LogP contribution in [0.1, 0.15) is 70.6 Å². The summed E-state index contributed by atoms with van der Waals surface area (Å²) in [5.41, 5.74) is -0.823. The van der Waals surface area contributed by atoms with Crippen LogP contribution in [0.3, 0.4) is 0 Å². The average Bonchev–Trinajstić information content (AvgIpc) is 3.03. The Labute approximate surface area is 139 Å². The number of rotatable bonds is 4. The Bertz CT molecular complexity index is 403. The molecule has 0 unspecified atom stereocenters. The van der Waals surface area contributed by atoms with E-state index in [1.165, 1.54) is 12.8 Å². The van der Waals surface area contributed by atoms with Gasteiger partial charge in [-0.3, -0.25) is 9.69 Å². The van der Waals surface area contributed by atoms with Crippen LogP contribution >= 0.6 is 0 Å². The molecule has 1 saturated heterocycles. The maximum atomic E-state index is 12.4. The van der Waals surface area contributed by atoms with Crippen LogP contribution < -0.4 is 5.32 Å². The van der Waals surface area contributed by atoms with Crippen molar-refractivity contribution >= 4 is 5.91 Å². The first-order valence-corrected chi connectivity index (χ1v) is 9.51. The molecule has 3 aliphatic rings. The molecule has 0 aromatic heterocycles. The molecular formula is C18H32N2O3. The zero-order valence-electron chi connectivity index (χ0n) is 14.2. The third kappa shape index (κ3) is 4.25. The van der Waals surface area contributed by atoms with Gasteiger partial charge in [-0.1, -0.05) is 19.3 Å². The molecule has 1 aliphatic heterocycles. The Morgan fingerprint density at radius 2 is 1.74 bits per heavy atom. The lowest BCUT2D eigenvalue weighted by Gasteiger charge is -2.40. The first-order chi connectivity index (χ1) is 11.1. The van der Waals surface area contributed by atoms with E-state index in [-0.39, 0.29) is 24.4 Å². The summed E-state index contributed by atoms with van der Waals surface area (Å²) in [6, 6.07) is 0.0309. The number of carbonyl (C=O) groups excluding carboxylic acids is 1. The maximum absolute atomic E-state index is 12.4. The summed E-state index contributed by atoms with van der Waals surface area (Å²) in [5, 5.41) is 24.2. The predicted molar refractivity (Wildman–Crippen MR) is 89.0 cm³/mol. The second-order valence-electron chi connectivity index (χ2n) is 7.87. The van der Waals surface area contributed by atoms with Gasteiger partial charge in [0.1, 0.15) is 0 Å². The fourth-order valence-corrected chi connectivity index (χ4v) is 4.73. The summed E-state index contributed by atoms with van der Waals surface area (Å²) >= 11 is 0. The summed E-state index contributed by atoms with van der Waals surface area (Å²) in [6.45, 7) is 2.14. The standard InChI is InChI=1S/C18H32N2O3/c21-16(13-18(23)9-2-1-3-10-18)19-14-7-6-8-15(17(14)22)20-11-4-5-12-20/h14-15,17,22-23H,1-13H2,(H,19,21)/t14-,15-,17-/m1/s1. The van der Waals surface area contributed by atoms with E-state index in [2.05, 4.69) is 10.2 Å². The number of carbonyl (C=O) groups is 1. The van der Waals surface area contributed by atoms with Crippen LogP contribution in [0.5, 0.6) is 0 Å². The molecule has 3 atom stereocenters. The summed E-state index contributed by atoms with van der Waals surface area (Å²) in [5.74, 6) is -0.0967. The van der Waals surface area contributed by atoms with Gasteiger partial charge in [-0.05, 0) is 58.0 Å². The van der Waals surface area contributed by atoms with E-state index in [9.17, 15) is 15.0 Å². The lowest BCUT2D eigenvalue weighted by atomic mass is 9.82. The number of hydrogen-bond acceptors (Lipinski definition) is 4. The first-order valence-electron chi connectivity index (χ1n) is 9.51. The minimum absolute atomic E-state index is 0.0967. The molecule has 0 spiro atoms. The minimum atomic E-state index is -0.823. The van der Waals surface area contributed by atoms with Gasteiger partial charge in [0.25, 0.3) is 0 Å². The Morgan fingerprint density at radius 3 is 2.43 bits per heavy atom. The van der Waals surface area contributed by atoms with Crippen molar-refractivity contribution in [1.29, 1.82) is 0 Å². The molecular weight excluding hydrogens is 292 g/mol. The highest BCUT2D eigenvalue weighted by molar-refractivity contribution is 5.77. The van der Waals surface area contributed by atoms with Crippen molar-refractivity contribution in [2.75, 3.05) is 13.1 Å². The fourth-order valence-electron chi connectivity index (χ4n) is 4.73. The van der Waals surface area contributed by atoms with E-state index in [1.54, 1.807) is 0 Å². The SMILES string of the molecule is O=C(CC1(O)CCCCC1)N[C@@H]1CCC[C@@H](N2CCCC2)[C@@H]1O. The van der Waals surface area contributed by atoms with Crippen LogP contribution in [0.4, 0.5) is 0 Å². The van der Waals surface area contributed by atoms with Gasteiger partial charge >= 0.3 is 0 Å². The van der Waals surface area contributed by atoms with Gasteiger partial charge in [0, 0.05) is 6.04 Å². The highest BCUT2D eigenvalue weighted by Gasteiger charge is 2.38. The van der Waals surface area contributed by atoms with Crippen molar-refractivity contribution in [2.45, 2.75) is 94.4 Å². The summed E-state index contributed by atoms with van der Waals surface area (Å²) in [6.07, 6.45) is 9.68. The predicted octanol–water partition coefficient (Wildman–Crippen LogP) is 1.57. The highest BCUT2D eigenvalue weighted by Crippen LogP contribution is 2.31. The van der Waals surface area contributed by atoms with Crippen molar-refractivity contribution in [3.05, 3.63) is 0 Å². The lowest BCUT2D eigenvalue weighted by molar-refractivity contribution is -0.130. The lowest BCUT2D eigenvalue weighted by Crippen LogP contribution is -2.56. The number of nitrogens with one attached hydrogen (secondary N) is 1. The number of amides is 1. The zero-order valence-corrected chi connectivity index (χ0v) is 14.2. The van der Waals surface area contributed by atoms with E-state index in [4.69, 9.17) is 0 Å². The second-order valence-corrected chi connectivity index (χ2v) is 7.87. The Hall–Kier alpha value is -0.650. The maximum Gasteiger partial charge on any atom is 0.223 e. The normalized spacial score (nSPS) is 35.1. The molecule has 5 nitrogen and oxygen atoms in total. The number of nitrogens with zero attached hydrogens (tertiary/aromatic N) is 1. The molecule has 3 N–H and O–H groups in total. The van der Waals surface area contributed by atoms with Gasteiger partial charge in [0.15, 0.2) is 0 Å². The summed E-state index contributed by atoms with van der Waals surface area (Å²) < 4.78 is 0. The van der Waals surface area contributed by atoms with Gasteiger partial charge in [0.2, 0.25) is 5.91 Å². The molecule has 0 aromatic rings. The smallest absolute Gasteiger partial charge is 0.223 e. The number of aliphatic hydroxyl groups is 2.